The monoisotopic (exact) mass is 279 g/mol. The molecule has 0 unspecified atom stereocenters. The second kappa shape index (κ2) is 7.14. The van der Waals surface area contributed by atoms with E-state index in [4.69, 9.17) is 0 Å². The molecule has 3 nitrogen and oxygen atoms in total. The fraction of sp³-hybridized carbons (Fsp3) is 0.400. The Labute approximate surface area is 117 Å². The van der Waals surface area contributed by atoms with E-state index >= 15 is 0 Å². The zero-order valence-electron chi connectivity index (χ0n) is 11.5. The van der Waals surface area contributed by atoms with Crippen molar-refractivity contribution in [3.8, 4) is 0 Å². The summed E-state index contributed by atoms with van der Waals surface area (Å²) in [5.41, 5.74) is 1.82. The average molecular weight is 279 g/mol. The van der Waals surface area contributed by atoms with Gasteiger partial charge in [-0.15, -0.1) is 0 Å². The van der Waals surface area contributed by atoms with Crippen LogP contribution in [0.15, 0.2) is 36.5 Å². The maximum absolute atomic E-state index is 13.1. The molecule has 0 amide bonds. The van der Waals surface area contributed by atoms with Crippen LogP contribution in [0, 0.1) is 0 Å². The predicted octanol–water partition coefficient (Wildman–Crippen LogP) is 3.17. The van der Waals surface area contributed by atoms with Crippen molar-refractivity contribution in [2.24, 2.45) is 0 Å². The molecular weight excluding hydrogens is 260 g/mol. The van der Waals surface area contributed by atoms with Crippen LogP contribution in [0.25, 0.3) is 0 Å². The van der Waals surface area contributed by atoms with Crippen LogP contribution in [-0.4, -0.2) is 16.8 Å². The van der Waals surface area contributed by atoms with Gasteiger partial charge < -0.3 is 5.32 Å². The van der Waals surface area contributed by atoms with Crippen LogP contribution in [0.1, 0.15) is 29.7 Å². The highest BCUT2D eigenvalue weighted by atomic mass is 19.3. The van der Waals surface area contributed by atoms with Gasteiger partial charge in [-0.2, -0.15) is 5.10 Å². The molecule has 1 aromatic carbocycles. The number of aromatic nitrogens is 2. The van der Waals surface area contributed by atoms with E-state index < -0.39 is 6.43 Å². The molecule has 0 aliphatic heterocycles. The van der Waals surface area contributed by atoms with E-state index in [0.29, 0.717) is 18.7 Å². The van der Waals surface area contributed by atoms with Gasteiger partial charge in [-0.05, 0) is 25.5 Å². The summed E-state index contributed by atoms with van der Waals surface area (Å²) >= 11 is 0. The number of hydrogen-bond acceptors (Lipinski definition) is 2. The van der Waals surface area contributed by atoms with Gasteiger partial charge in [-0.1, -0.05) is 30.3 Å². The van der Waals surface area contributed by atoms with Crippen LogP contribution >= 0.6 is 0 Å². The Morgan fingerprint density at radius 2 is 2.00 bits per heavy atom. The molecule has 0 saturated heterocycles. The smallest absolute Gasteiger partial charge is 0.280 e. The number of halogens is 2. The standard InChI is InChI=1S/C15H19F2N3/c1-18-10-13-11-19-20(14(13)15(16)17)9-5-8-12-6-3-2-4-7-12/h2-4,6-7,11,15,18H,5,8-10H2,1H3. The molecule has 0 atom stereocenters. The van der Waals surface area contributed by atoms with Crippen LogP contribution in [0.5, 0.6) is 0 Å². The highest BCUT2D eigenvalue weighted by molar-refractivity contribution is 5.19. The first-order chi connectivity index (χ1) is 9.72. The summed E-state index contributed by atoms with van der Waals surface area (Å²) < 4.78 is 27.6. The molecule has 1 aromatic heterocycles. The van der Waals surface area contributed by atoms with Gasteiger partial charge in [-0.25, -0.2) is 8.78 Å². The second-order valence-electron chi connectivity index (χ2n) is 4.70. The third-order valence-corrected chi connectivity index (χ3v) is 3.21. The quantitative estimate of drug-likeness (QED) is 0.843. The van der Waals surface area contributed by atoms with Gasteiger partial charge in [0.1, 0.15) is 5.69 Å². The van der Waals surface area contributed by atoms with E-state index in [9.17, 15) is 8.78 Å². The largest absolute Gasteiger partial charge is 0.316 e. The molecule has 0 saturated carbocycles. The molecule has 0 spiro atoms. The molecule has 0 aliphatic rings. The number of benzene rings is 1. The SMILES string of the molecule is CNCc1cnn(CCCc2ccccc2)c1C(F)F. The molecule has 0 radical (unpaired) electrons. The van der Waals surface area contributed by atoms with Crippen LogP contribution in [-0.2, 0) is 19.5 Å². The van der Waals surface area contributed by atoms with Crippen molar-refractivity contribution < 1.29 is 8.78 Å². The Morgan fingerprint density at radius 1 is 1.25 bits per heavy atom. The van der Waals surface area contributed by atoms with Gasteiger partial charge in [-0.3, -0.25) is 4.68 Å². The van der Waals surface area contributed by atoms with Gasteiger partial charge in [0.15, 0.2) is 0 Å². The van der Waals surface area contributed by atoms with Crippen molar-refractivity contribution in [3.05, 3.63) is 53.3 Å². The molecule has 108 valence electrons. The Bertz CT molecular complexity index is 523. The third kappa shape index (κ3) is 3.63. The average Bonchev–Trinajstić information content (AvgIpc) is 2.83. The molecular formula is C15H19F2N3. The van der Waals surface area contributed by atoms with Crippen molar-refractivity contribution >= 4 is 0 Å². The Morgan fingerprint density at radius 3 is 2.65 bits per heavy atom. The fourth-order valence-corrected chi connectivity index (χ4v) is 2.27. The Balaban J connectivity index is 1.99. The minimum atomic E-state index is -2.49. The lowest BCUT2D eigenvalue weighted by atomic mass is 10.1. The lowest BCUT2D eigenvalue weighted by Gasteiger charge is -2.09. The normalized spacial score (nSPS) is 11.2. The Hall–Kier alpha value is -1.75. The summed E-state index contributed by atoms with van der Waals surface area (Å²) in [6, 6.07) is 10.0. The molecule has 0 bridgehead atoms. The van der Waals surface area contributed by atoms with Gasteiger partial charge in [0.2, 0.25) is 0 Å². The lowest BCUT2D eigenvalue weighted by molar-refractivity contribution is 0.137. The van der Waals surface area contributed by atoms with Crippen molar-refractivity contribution in [2.75, 3.05) is 7.05 Å². The minimum absolute atomic E-state index is 0.0346. The summed E-state index contributed by atoms with van der Waals surface area (Å²) in [6.45, 7) is 0.927. The molecule has 1 heterocycles. The molecule has 2 rings (SSSR count). The number of hydrogen-bond donors (Lipinski definition) is 1. The van der Waals surface area contributed by atoms with E-state index in [1.54, 1.807) is 7.05 Å². The first-order valence-corrected chi connectivity index (χ1v) is 6.73. The molecule has 0 aliphatic carbocycles. The minimum Gasteiger partial charge on any atom is -0.316 e. The number of nitrogens with one attached hydrogen (secondary N) is 1. The summed E-state index contributed by atoms with van der Waals surface area (Å²) in [7, 11) is 1.74. The fourth-order valence-electron chi connectivity index (χ4n) is 2.27. The maximum Gasteiger partial charge on any atom is 0.280 e. The summed E-state index contributed by atoms with van der Waals surface area (Å²) in [5.74, 6) is 0. The summed E-state index contributed by atoms with van der Waals surface area (Å²) in [4.78, 5) is 0. The van der Waals surface area contributed by atoms with Crippen LogP contribution in [0.3, 0.4) is 0 Å². The van der Waals surface area contributed by atoms with Crippen molar-refractivity contribution in [1.29, 1.82) is 0 Å². The van der Waals surface area contributed by atoms with E-state index in [0.717, 1.165) is 12.8 Å². The van der Waals surface area contributed by atoms with E-state index in [1.165, 1.54) is 16.4 Å². The zero-order chi connectivity index (χ0) is 14.4. The van der Waals surface area contributed by atoms with Gasteiger partial charge >= 0.3 is 0 Å². The van der Waals surface area contributed by atoms with Gasteiger partial charge in [0.05, 0.1) is 6.20 Å². The first kappa shape index (κ1) is 14.7. The molecule has 20 heavy (non-hydrogen) atoms. The highest BCUT2D eigenvalue weighted by Gasteiger charge is 2.19. The summed E-state index contributed by atoms with van der Waals surface area (Å²) in [6.07, 6.45) is 0.702. The molecule has 5 heteroatoms. The summed E-state index contributed by atoms with van der Waals surface area (Å²) in [5, 5.41) is 6.97. The lowest BCUT2D eigenvalue weighted by Crippen LogP contribution is -2.11. The molecule has 1 N–H and O–H groups in total. The topological polar surface area (TPSA) is 29.9 Å². The highest BCUT2D eigenvalue weighted by Crippen LogP contribution is 2.23. The van der Waals surface area contributed by atoms with Gasteiger partial charge in [0.25, 0.3) is 6.43 Å². The zero-order valence-corrected chi connectivity index (χ0v) is 11.5. The molecule has 2 aromatic rings. The second-order valence-corrected chi connectivity index (χ2v) is 4.70. The number of nitrogens with zero attached hydrogens (tertiary/aromatic N) is 2. The van der Waals surface area contributed by atoms with Crippen molar-refractivity contribution in [1.82, 2.24) is 15.1 Å². The van der Waals surface area contributed by atoms with Crippen LogP contribution in [0.2, 0.25) is 0 Å². The van der Waals surface area contributed by atoms with Crippen LogP contribution < -0.4 is 5.32 Å². The number of rotatable bonds is 7. The predicted molar refractivity (Wildman–Crippen MR) is 74.7 cm³/mol. The number of alkyl halides is 2. The van der Waals surface area contributed by atoms with Gasteiger partial charge in [0, 0.05) is 18.7 Å². The van der Waals surface area contributed by atoms with E-state index in [1.807, 2.05) is 30.3 Å². The Kier molecular flexibility index (Phi) is 5.24. The number of aryl methyl sites for hydroxylation is 2. The maximum atomic E-state index is 13.1. The third-order valence-electron chi connectivity index (χ3n) is 3.21. The van der Waals surface area contributed by atoms with Crippen molar-refractivity contribution in [2.45, 2.75) is 32.4 Å². The first-order valence-electron chi connectivity index (χ1n) is 6.73. The van der Waals surface area contributed by atoms with Crippen molar-refractivity contribution in [3.63, 3.8) is 0 Å². The van der Waals surface area contributed by atoms with E-state index in [-0.39, 0.29) is 5.69 Å². The molecule has 0 fully saturated rings. The van der Waals surface area contributed by atoms with E-state index in [2.05, 4.69) is 10.4 Å². The van der Waals surface area contributed by atoms with Crippen LogP contribution in [0.4, 0.5) is 8.78 Å².